The van der Waals surface area contributed by atoms with E-state index in [-0.39, 0.29) is 9.79 Å². The quantitative estimate of drug-likeness (QED) is 0.152. The second kappa shape index (κ2) is 14.8. The second-order valence-electron chi connectivity index (χ2n) is 13.0. The van der Waals surface area contributed by atoms with Crippen LogP contribution in [0.25, 0.3) is 44.3 Å². The standard InChI is InChI=1S/C24H20N4O2S.C17H13BrN4O2S/c1-27-16-20(15-26-27)23-17-28(31(29,30)21-10-6-3-7-11-21)24-22(23)13-19(14-25-24)12-18-8-4-2-5-9-18;1-21-10-12(8-20-21)16-11-22(17-15(16)7-13(18)9-19-17)25(23,24)14-5-3-2-4-6-14/h2-11,13-17H,12H2,1H3;2-11H,1H3. The van der Waals surface area contributed by atoms with Crippen LogP contribution in [0.3, 0.4) is 0 Å². The van der Waals surface area contributed by atoms with Gasteiger partial charge in [-0.25, -0.2) is 34.7 Å². The average Bonchev–Trinajstić information content (AvgIpc) is 4.01. The van der Waals surface area contributed by atoms with Gasteiger partial charge in [-0.05, 0) is 69.9 Å². The first-order valence-electron chi connectivity index (χ1n) is 17.3. The third-order valence-corrected chi connectivity index (χ3v) is 12.9. The monoisotopic (exact) mass is 844 g/mol. The highest BCUT2D eigenvalue weighted by Gasteiger charge is 2.25. The lowest BCUT2D eigenvalue weighted by atomic mass is 10.0. The number of rotatable bonds is 8. The lowest BCUT2D eigenvalue weighted by Gasteiger charge is -2.07. The third kappa shape index (κ3) is 7.07. The van der Waals surface area contributed by atoms with Gasteiger partial charge in [-0.2, -0.15) is 10.2 Å². The third-order valence-electron chi connectivity index (χ3n) is 9.13. The second-order valence-corrected chi connectivity index (χ2v) is 17.6. The minimum Gasteiger partial charge on any atom is -0.275 e. The smallest absolute Gasteiger partial charge is 0.269 e. The summed E-state index contributed by atoms with van der Waals surface area (Å²) in [5.41, 5.74) is 6.18. The fourth-order valence-corrected chi connectivity index (χ4v) is 9.49. The Morgan fingerprint density at radius 3 is 1.45 bits per heavy atom. The number of aromatic nitrogens is 8. The van der Waals surface area contributed by atoms with Crippen molar-refractivity contribution in [2.75, 3.05) is 0 Å². The number of pyridine rings is 2. The Bertz CT molecular complexity index is 3070. The van der Waals surface area contributed by atoms with E-state index < -0.39 is 20.0 Å². The predicted molar refractivity (Wildman–Crippen MR) is 219 cm³/mol. The molecule has 0 unspecified atom stereocenters. The van der Waals surface area contributed by atoms with Gasteiger partial charge in [0.1, 0.15) is 0 Å². The number of benzene rings is 3. The lowest BCUT2D eigenvalue weighted by molar-refractivity contribution is 0.587. The molecule has 9 aromatic rings. The number of nitrogens with zero attached hydrogens (tertiary/aromatic N) is 8. The highest BCUT2D eigenvalue weighted by atomic mass is 79.9. The first-order valence-corrected chi connectivity index (χ1v) is 21.0. The van der Waals surface area contributed by atoms with Gasteiger partial charge in [-0.15, -0.1) is 0 Å². The molecule has 3 aromatic carbocycles. The summed E-state index contributed by atoms with van der Waals surface area (Å²) in [7, 11) is -3.89. The van der Waals surface area contributed by atoms with Crippen LogP contribution in [0, 0.1) is 0 Å². The number of aryl methyl sites for hydroxylation is 2. The van der Waals surface area contributed by atoms with Crippen LogP contribution >= 0.6 is 15.9 Å². The summed E-state index contributed by atoms with van der Waals surface area (Å²) in [5.74, 6) is 0. The zero-order chi connectivity index (χ0) is 39.0. The summed E-state index contributed by atoms with van der Waals surface area (Å²) in [5, 5.41) is 9.95. The Kier molecular flexibility index (Phi) is 9.74. The molecule has 6 aromatic heterocycles. The summed E-state index contributed by atoms with van der Waals surface area (Å²) in [6.07, 6.45) is 14.5. The van der Waals surface area contributed by atoms with Crippen LogP contribution in [-0.4, -0.2) is 54.3 Å². The largest absolute Gasteiger partial charge is 0.275 e. The molecule has 0 bridgehead atoms. The number of hydrogen-bond donors (Lipinski definition) is 0. The first-order chi connectivity index (χ1) is 27.0. The molecule has 56 heavy (non-hydrogen) atoms. The molecule has 280 valence electrons. The van der Waals surface area contributed by atoms with Crippen molar-refractivity contribution >= 4 is 58.0 Å². The van der Waals surface area contributed by atoms with Gasteiger partial charge in [-0.1, -0.05) is 66.7 Å². The molecular weight excluding hydrogens is 813 g/mol. The van der Waals surface area contributed by atoms with Gasteiger partial charge in [0.05, 0.1) is 22.2 Å². The zero-order valence-corrected chi connectivity index (χ0v) is 33.3. The fraction of sp³-hybridized carbons (Fsp3) is 0.0732. The summed E-state index contributed by atoms with van der Waals surface area (Å²) < 4.78 is 59.5. The van der Waals surface area contributed by atoms with E-state index in [1.54, 1.807) is 107 Å². The molecule has 0 saturated heterocycles. The summed E-state index contributed by atoms with van der Waals surface area (Å²) >= 11 is 3.41. The maximum Gasteiger partial charge on any atom is 0.269 e. The molecule has 12 nitrogen and oxygen atoms in total. The lowest BCUT2D eigenvalue weighted by Crippen LogP contribution is -2.12. The molecule has 0 N–H and O–H groups in total. The number of hydrogen-bond acceptors (Lipinski definition) is 8. The molecule has 9 rings (SSSR count). The van der Waals surface area contributed by atoms with Crippen molar-refractivity contribution in [3.63, 3.8) is 0 Å². The summed E-state index contributed by atoms with van der Waals surface area (Å²) in [6.45, 7) is 0. The van der Waals surface area contributed by atoms with Gasteiger partial charge in [-0.3, -0.25) is 9.36 Å². The van der Waals surface area contributed by atoms with E-state index in [0.29, 0.717) is 17.7 Å². The van der Waals surface area contributed by atoms with Crippen molar-refractivity contribution in [1.29, 1.82) is 0 Å². The molecule has 15 heteroatoms. The molecule has 6 heterocycles. The Morgan fingerprint density at radius 1 is 0.536 bits per heavy atom. The Hall–Kier alpha value is -6.16. The molecule has 0 amide bonds. The van der Waals surface area contributed by atoms with Gasteiger partial charge in [0.15, 0.2) is 11.3 Å². The predicted octanol–water partition coefficient (Wildman–Crippen LogP) is 7.70. The summed E-state index contributed by atoms with van der Waals surface area (Å²) in [4.78, 5) is 9.35. The maximum atomic E-state index is 13.4. The molecule has 0 saturated carbocycles. The van der Waals surface area contributed by atoms with Crippen molar-refractivity contribution in [2.45, 2.75) is 16.2 Å². The Balaban J connectivity index is 0.000000161. The molecule has 0 aliphatic heterocycles. The number of fused-ring (bicyclic) bond motifs is 2. The Labute approximate surface area is 331 Å². The molecule has 0 aliphatic rings. The van der Waals surface area contributed by atoms with Gasteiger partial charge >= 0.3 is 0 Å². The molecule has 0 radical (unpaired) electrons. The van der Waals surface area contributed by atoms with E-state index >= 15 is 0 Å². The van der Waals surface area contributed by atoms with Gasteiger partial charge in [0.25, 0.3) is 20.0 Å². The molecule has 0 spiro atoms. The topological polar surface area (TPSA) is 140 Å². The van der Waals surface area contributed by atoms with E-state index in [1.807, 2.05) is 56.8 Å². The van der Waals surface area contributed by atoms with Crippen molar-refractivity contribution in [3.8, 4) is 22.3 Å². The zero-order valence-electron chi connectivity index (χ0n) is 30.0. The van der Waals surface area contributed by atoms with E-state index in [2.05, 4.69) is 48.2 Å². The molecular formula is C41H33BrN8O4S2. The van der Waals surface area contributed by atoms with Gasteiger partial charge in [0, 0.05) is 88.8 Å². The normalized spacial score (nSPS) is 11.8. The SMILES string of the molecule is Cn1cc(-c2cn(S(=O)(=O)c3ccccc3)c3ncc(Br)cc23)cn1.Cn1cc(-c2cn(S(=O)(=O)c3ccccc3)c3ncc(Cc4ccccc4)cc23)cn1. The van der Waals surface area contributed by atoms with Crippen molar-refractivity contribution in [2.24, 2.45) is 14.1 Å². The van der Waals surface area contributed by atoms with Crippen LogP contribution in [0.5, 0.6) is 0 Å². The van der Waals surface area contributed by atoms with E-state index in [9.17, 15) is 16.8 Å². The van der Waals surface area contributed by atoms with Gasteiger partial charge in [0.2, 0.25) is 0 Å². The summed E-state index contributed by atoms with van der Waals surface area (Å²) in [6, 6.07) is 30.7. The van der Waals surface area contributed by atoms with E-state index in [4.69, 9.17) is 0 Å². The highest BCUT2D eigenvalue weighted by Crippen LogP contribution is 2.34. The highest BCUT2D eigenvalue weighted by molar-refractivity contribution is 9.10. The number of halogens is 1. The van der Waals surface area contributed by atoms with Crippen molar-refractivity contribution in [1.82, 2.24) is 37.5 Å². The first kappa shape index (κ1) is 36.8. The molecule has 0 aliphatic carbocycles. The fourth-order valence-electron chi connectivity index (χ4n) is 6.46. The van der Waals surface area contributed by atoms with E-state index in [0.717, 1.165) is 43.1 Å². The van der Waals surface area contributed by atoms with Crippen LogP contribution in [0.1, 0.15) is 11.1 Å². The molecule has 0 atom stereocenters. The van der Waals surface area contributed by atoms with Crippen LogP contribution < -0.4 is 0 Å². The average molecular weight is 846 g/mol. The minimum atomic E-state index is -3.79. The maximum absolute atomic E-state index is 13.4. The van der Waals surface area contributed by atoms with Crippen LogP contribution in [-0.2, 0) is 40.6 Å². The van der Waals surface area contributed by atoms with Crippen molar-refractivity contribution in [3.05, 3.63) is 168 Å². The van der Waals surface area contributed by atoms with E-state index in [1.165, 1.54) is 13.5 Å². The van der Waals surface area contributed by atoms with Crippen LogP contribution in [0.15, 0.2) is 167 Å². The minimum absolute atomic E-state index is 0.217. The molecule has 0 fully saturated rings. The van der Waals surface area contributed by atoms with Crippen LogP contribution in [0.2, 0.25) is 0 Å². The van der Waals surface area contributed by atoms with Crippen molar-refractivity contribution < 1.29 is 16.8 Å². The Morgan fingerprint density at radius 2 is 0.982 bits per heavy atom. The van der Waals surface area contributed by atoms with Gasteiger partial charge < -0.3 is 0 Å². The van der Waals surface area contributed by atoms with Crippen LogP contribution in [0.4, 0.5) is 0 Å².